The Bertz CT molecular complexity index is 1170. The Morgan fingerprint density at radius 1 is 1.06 bits per heavy atom. The van der Waals surface area contributed by atoms with Crippen molar-refractivity contribution in [3.05, 3.63) is 46.2 Å². The predicted molar refractivity (Wildman–Crippen MR) is 129 cm³/mol. The van der Waals surface area contributed by atoms with E-state index in [9.17, 15) is 9.59 Å². The molecule has 0 aliphatic carbocycles. The first-order chi connectivity index (χ1) is 15.5. The summed E-state index contributed by atoms with van der Waals surface area (Å²) in [5.74, 6) is 1.10. The van der Waals surface area contributed by atoms with Crippen molar-refractivity contribution in [2.75, 3.05) is 6.61 Å². The van der Waals surface area contributed by atoms with Crippen LogP contribution in [-0.4, -0.2) is 34.5 Å². The third-order valence-corrected chi connectivity index (χ3v) is 6.15. The fourth-order valence-electron chi connectivity index (χ4n) is 3.21. The third-order valence-electron chi connectivity index (χ3n) is 4.96. The molecule has 0 aliphatic heterocycles. The molecule has 9 heteroatoms. The van der Waals surface area contributed by atoms with Crippen LogP contribution in [0.1, 0.15) is 61.4 Å². The number of benzene rings is 1. The molecule has 33 heavy (non-hydrogen) atoms. The number of aromatic nitrogens is 2. The molecule has 2 aromatic heterocycles. The van der Waals surface area contributed by atoms with Gasteiger partial charge in [-0.2, -0.15) is 0 Å². The summed E-state index contributed by atoms with van der Waals surface area (Å²) < 4.78 is 11.0. The van der Waals surface area contributed by atoms with Crippen LogP contribution in [0.25, 0.3) is 10.2 Å². The van der Waals surface area contributed by atoms with E-state index in [1.54, 1.807) is 31.2 Å². The maximum Gasteiger partial charge on any atom is 0.280 e. The zero-order valence-electron chi connectivity index (χ0n) is 20.0. The Kier molecular flexibility index (Phi) is 7.22. The second-order valence-electron chi connectivity index (χ2n) is 8.73. The lowest BCUT2D eigenvalue weighted by atomic mass is 9.95. The normalized spacial score (nSPS) is 12.3. The van der Waals surface area contributed by atoms with Gasteiger partial charge >= 0.3 is 0 Å². The number of hydrazine groups is 1. The van der Waals surface area contributed by atoms with Crippen LogP contribution in [0.2, 0.25) is 0 Å². The molecule has 1 aromatic carbocycles. The fourth-order valence-corrected chi connectivity index (χ4v) is 4.33. The first-order valence-electron chi connectivity index (χ1n) is 10.8. The van der Waals surface area contributed by atoms with Gasteiger partial charge in [0.25, 0.3) is 11.8 Å². The molecular weight excluding hydrogens is 440 g/mol. The number of amides is 2. The van der Waals surface area contributed by atoms with Gasteiger partial charge in [-0.25, -0.2) is 9.97 Å². The van der Waals surface area contributed by atoms with Crippen molar-refractivity contribution in [2.24, 2.45) is 0 Å². The van der Waals surface area contributed by atoms with E-state index in [1.807, 2.05) is 41.5 Å². The lowest BCUT2D eigenvalue weighted by Crippen LogP contribution is -2.47. The maximum absolute atomic E-state index is 12.8. The first kappa shape index (κ1) is 24.4. The van der Waals surface area contributed by atoms with E-state index in [4.69, 9.17) is 9.47 Å². The van der Waals surface area contributed by atoms with E-state index in [0.717, 1.165) is 33.0 Å². The van der Waals surface area contributed by atoms with E-state index in [2.05, 4.69) is 20.8 Å². The van der Waals surface area contributed by atoms with Gasteiger partial charge in [0, 0.05) is 10.8 Å². The van der Waals surface area contributed by atoms with Crippen LogP contribution < -0.4 is 20.3 Å². The topological polar surface area (TPSA) is 102 Å². The molecule has 2 amide bonds. The molecular formula is C24H30N4O4S. The van der Waals surface area contributed by atoms with Crippen LogP contribution in [0.3, 0.4) is 0 Å². The summed E-state index contributed by atoms with van der Waals surface area (Å²) in [6.07, 6.45) is -0.811. The highest BCUT2D eigenvalue weighted by molar-refractivity contribution is 7.20. The molecule has 0 radical (unpaired) electrons. The highest BCUT2D eigenvalue weighted by Gasteiger charge is 2.24. The van der Waals surface area contributed by atoms with E-state index < -0.39 is 17.9 Å². The monoisotopic (exact) mass is 470 g/mol. The van der Waals surface area contributed by atoms with Gasteiger partial charge in [-0.1, -0.05) is 20.8 Å². The van der Waals surface area contributed by atoms with Gasteiger partial charge in [0.15, 0.2) is 6.10 Å². The van der Waals surface area contributed by atoms with Gasteiger partial charge in [0.1, 0.15) is 22.2 Å². The number of fused-ring (bicyclic) bond motifs is 1. The third kappa shape index (κ3) is 5.60. The quantitative estimate of drug-likeness (QED) is 0.523. The number of carbonyl (C=O) groups is 2. The van der Waals surface area contributed by atoms with Gasteiger partial charge < -0.3 is 9.47 Å². The molecule has 0 aliphatic rings. The molecule has 0 saturated heterocycles. The summed E-state index contributed by atoms with van der Waals surface area (Å²) in [6, 6.07) is 6.99. The Morgan fingerprint density at radius 3 is 2.30 bits per heavy atom. The van der Waals surface area contributed by atoms with Gasteiger partial charge in [-0.15, -0.1) is 11.3 Å². The largest absolute Gasteiger partial charge is 0.494 e. The molecule has 3 rings (SSSR count). The van der Waals surface area contributed by atoms with Crippen molar-refractivity contribution in [3.8, 4) is 11.5 Å². The summed E-state index contributed by atoms with van der Waals surface area (Å²) in [6.45, 7) is 14.0. The minimum atomic E-state index is -0.811. The minimum absolute atomic E-state index is 0.202. The molecule has 0 fully saturated rings. The van der Waals surface area contributed by atoms with Crippen LogP contribution in [0.5, 0.6) is 11.5 Å². The summed E-state index contributed by atoms with van der Waals surface area (Å²) in [7, 11) is 0. The number of aryl methyl sites for hydroxylation is 2. The van der Waals surface area contributed by atoms with Crippen molar-refractivity contribution >= 4 is 33.4 Å². The Balaban J connectivity index is 1.66. The average molecular weight is 471 g/mol. The fraction of sp³-hybridized carbons (Fsp3) is 0.417. The SMILES string of the molecule is CCOc1ccc(OC(C)C(=O)NNC(=O)c2sc3nc(C(C)(C)C)nc(C)c3c2C)cc1. The molecule has 1 unspecified atom stereocenters. The molecule has 0 spiro atoms. The second kappa shape index (κ2) is 9.74. The van der Waals surface area contributed by atoms with E-state index in [-0.39, 0.29) is 5.41 Å². The zero-order chi connectivity index (χ0) is 24.3. The van der Waals surface area contributed by atoms with Gasteiger partial charge in [-0.3, -0.25) is 20.4 Å². The Morgan fingerprint density at radius 2 is 1.70 bits per heavy atom. The molecule has 0 bridgehead atoms. The highest BCUT2D eigenvalue weighted by atomic mass is 32.1. The van der Waals surface area contributed by atoms with E-state index in [0.29, 0.717) is 17.2 Å². The standard InChI is InChI=1S/C24H30N4O4S/c1-8-31-16-9-11-17(12-10-16)32-15(4)20(29)27-28-21(30)19-13(2)18-14(3)25-23(24(5,6)7)26-22(18)33-19/h9-12,15H,8H2,1-7H3,(H,27,29)(H,28,30). The number of nitrogens with zero attached hydrogens (tertiary/aromatic N) is 2. The van der Waals surface area contributed by atoms with Gasteiger partial charge in [-0.05, 0) is 57.5 Å². The van der Waals surface area contributed by atoms with Crippen molar-refractivity contribution < 1.29 is 19.1 Å². The van der Waals surface area contributed by atoms with Crippen molar-refractivity contribution in [1.29, 1.82) is 0 Å². The van der Waals surface area contributed by atoms with Crippen molar-refractivity contribution in [2.45, 2.75) is 60.0 Å². The number of nitrogens with one attached hydrogen (secondary N) is 2. The highest BCUT2D eigenvalue weighted by Crippen LogP contribution is 2.33. The molecule has 2 heterocycles. The zero-order valence-corrected chi connectivity index (χ0v) is 20.8. The van der Waals surface area contributed by atoms with E-state index >= 15 is 0 Å². The van der Waals surface area contributed by atoms with Gasteiger partial charge in [0.05, 0.1) is 17.2 Å². The number of rotatable bonds is 6. The van der Waals surface area contributed by atoms with Crippen LogP contribution in [0, 0.1) is 13.8 Å². The Hall–Kier alpha value is -3.20. The van der Waals surface area contributed by atoms with Gasteiger partial charge in [0.2, 0.25) is 0 Å². The lowest BCUT2D eigenvalue weighted by Gasteiger charge is -2.16. The maximum atomic E-state index is 12.8. The van der Waals surface area contributed by atoms with Crippen molar-refractivity contribution in [3.63, 3.8) is 0 Å². The lowest BCUT2D eigenvalue weighted by molar-refractivity contribution is -0.128. The molecule has 1 atom stereocenters. The van der Waals surface area contributed by atoms with Crippen LogP contribution in [-0.2, 0) is 10.2 Å². The molecule has 8 nitrogen and oxygen atoms in total. The summed E-state index contributed by atoms with van der Waals surface area (Å²) in [5, 5.41) is 0.872. The predicted octanol–water partition coefficient (Wildman–Crippen LogP) is 4.23. The average Bonchev–Trinajstić information content (AvgIpc) is 3.09. The number of carbonyl (C=O) groups excluding carboxylic acids is 2. The minimum Gasteiger partial charge on any atom is -0.494 e. The van der Waals surface area contributed by atoms with Crippen LogP contribution in [0.4, 0.5) is 0 Å². The van der Waals surface area contributed by atoms with E-state index in [1.165, 1.54) is 11.3 Å². The van der Waals surface area contributed by atoms with Crippen LogP contribution >= 0.6 is 11.3 Å². The number of hydrogen-bond donors (Lipinski definition) is 2. The number of thiophene rings is 1. The van der Waals surface area contributed by atoms with Crippen molar-refractivity contribution in [1.82, 2.24) is 20.8 Å². The number of ether oxygens (including phenoxy) is 2. The molecule has 2 N–H and O–H groups in total. The smallest absolute Gasteiger partial charge is 0.280 e. The summed E-state index contributed by atoms with van der Waals surface area (Å²) >= 11 is 1.29. The van der Waals surface area contributed by atoms with Crippen LogP contribution in [0.15, 0.2) is 24.3 Å². The summed E-state index contributed by atoms with van der Waals surface area (Å²) in [4.78, 5) is 35.8. The first-order valence-corrected chi connectivity index (χ1v) is 11.6. The summed E-state index contributed by atoms with van der Waals surface area (Å²) in [5.41, 5.74) is 6.34. The molecule has 3 aromatic rings. The second-order valence-corrected chi connectivity index (χ2v) is 9.73. The molecule has 0 saturated carbocycles. The Labute approximate surface area is 197 Å². The number of hydrogen-bond acceptors (Lipinski definition) is 7. The molecule has 176 valence electrons.